The van der Waals surface area contributed by atoms with Crippen molar-refractivity contribution in [1.82, 2.24) is 0 Å². The van der Waals surface area contributed by atoms with Crippen LogP contribution in [0.5, 0.6) is 0 Å². The average Bonchev–Trinajstić information content (AvgIpc) is 2.96. The van der Waals surface area contributed by atoms with E-state index in [0.29, 0.717) is 5.92 Å². The summed E-state index contributed by atoms with van der Waals surface area (Å²) in [5.41, 5.74) is 0.878. The summed E-state index contributed by atoms with van der Waals surface area (Å²) in [4.78, 5) is 0. The average molecular weight is 286 g/mol. The Hall–Kier alpha value is -1.04. The molecule has 2 rings (SSSR count). The fourth-order valence-corrected chi connectivity index (χ4v) is 3.60. The van der Waals surface area contributed by atoms with E-state index in [-0.39, 0.29) is 10.6 Å². The van der Waals surface area contributed by atoms with E-state index < -0.39 is 8.32 Å². The maximum Gasteiger partial charge on any atom is 0.194 e. The smallest absolute Gasteiger partial charge is 0.194 e. The summed E-state index contributed by atoms with van der Waals surface area (Å²) < 4.78 is 6.60. The third-order valence-corrected chi connectivity index (χ3v) is 9.17. The number of hydrogen-bond acceptors (Lipinski definition) is 1. The van der Waals surface area contributed by atoms with Crippen LogP contribution in [0.3, 0.4) is 0 Å². The van der Waals surface area contributed by atoms with Crippen molar-refractivity contribution in [3.05, 3.63) is 35.9 Å². The molecule has 0 heterocycles. The molecule has 1 fully saturated rings. The summed E-state index contributed by atoms with van der Waals surface area (Å²) in [5.74, 6) is 7.27. The second kappa shape index (κ2) is 5.06. The largest absolute Gasteiger partial charge is 0.400 e. The second-order valence-electron chi connectivity index (χ2n) is 7.47. The van der Waals surface area contributed by atoms with Crippen LogP contribution in [-0.4, -0.2) is 13.9 Å². The van der Waals surface area contributed by atoms with E-state index >= 15 is 0 Å². The minimum absolute atomic E-state index is 0.196. The Balaban J connectivity index is 2.19. The fourth-order valence-electron chi connectivity index (χ4n) is 2.05. The van der Waals surface area contributed by atoms with Gasteiger partial charge in [-0.05, 0) is 42.6 Å². The van der Waals surface area contributed by atoms with Crippen molar-refractivity contribution in [1.29, 1.82) is 0 Å². The van der Waals surface area contributed by atoms with Crippen LogP contribution in [0.4, 0.5) is 0 Å². The van der Waals surface area contributed by atoms with Gasteiger partial charge >= 0.3 is 0 Å². The van der Waals surface area contributed by atoms with Crippen molar-refractivity contribution in [3.8, 4) is 11.8 Å². The maximum atomic E-state index is 6.60. The zero-order valence-corrected chi connectivity index (χ0v) is 14.6. The molecule has 2 heteroatoms. The first kappa shape index (κ1) is 15.3. The molecule has 0 unspecified atom stereocenters. The van der Waals surface area contributed by atoms with Gasteiger partial charge in [0.15, 0.2) is 8.32 Å². The highest BCUT2D eigenvalue weighted by Gasteiger charge is 2.56. The second-order valence-corrected chi connectivity index (χ2v) is 12.2. The summed E-state index contributed by atoms with van der Waals surface area (Å²) in [6.07, 6.45) is 1.07. The highest BCUT2D eigenvalue weighted by atomic mass is 28.4. The zero-order chi connectivity index (χ0) is 15.0. The normalized spacial score (nSPS) is 25.8. The highest BCUT2D eigenvalue weighted by molar-refractivity contribution is 6.74. The molecule has 1 aromatic carbocycles. The van der Waals surface area contributed by atoms with Crippen LogP contribution in [0.25, 0.3) is 0 Å². The van der Waals surface area contributed by atoms with E-state index in [2.05, 4.69) is 64.8 Å². The Morgan fingerprint density at radius 2 is 1.75 bits per heavy atom. The first-order chi connectivity index (χ1) is 9.16. The Labute approximate surface area is 124 Å². The van der Waals surface area contributed by atoms with Gasteiger partial charge in [0.05, 0.1) is 0 Å². The van der Waals surface area contributed by atoms with Crippen LogP contribution >= 0.6 is 0 Å². The van der Waals surface area contributed by atoms with Crippen LogP contribution in [0.2, 0.25) is 18.1 Å². The lowest BCUT2D eigenvalue weighted by atomic mass is 10.2. The van der Waals surface area contributed by atoms with Crippen LogP contribution in [0.1, 0.15) is 39.7 Å². The summed E-state index contributed by atoms with van der Waals surface area (Å²) in [6.45, 7) is 13.7. The molecule has 1 aromatic rings. The van der Waals surface area contributed by atoms with E-state index in [0.717, 1.165) is 12.0 Å². The van der Waals surface area contributed by atoms with Gasteiger partial charge < -0.3 is 4.43 Å². The van der Waals surface area contributed by atoms with E-state index in [1.807, 2.05) is 18.2 Å². The standard InChI is InChI=1S/C18H26OSi/c1-15-14-18(15,19-20(5,6)17(2,3)4)13-12-16-10-8-7-9-11-16/h7-11,15H,14H2,1-6H3/t15-,18+/m1/s1. The van der Waals surface area contributed by atoms with Gasteiger partial charge in [0, 0.05) is 5.56 Å². The molecule has 108 valence electrons. The summed E-state index contributed by atoms with van der Waals surface area (Å²) in [6, 6.07) is 10.2. The molecule has 1 nitrogen and oxygen atoms in total. The number of benzene rings is 1. The highest BCUT2D eigenvalue weighted by Crippen LogP contribution is 2.51. The van der Waals surface area contributed by atoms with Crippen LogP contribution < -0.4 is 0 Å². The third-order valence-electron chi connectivity index (χ3n) is 4.68. The summed E-state index contributed by atoms with van der Waals surface area (Å²) >= 11 is 0. The van der Waals surface area contributed by atoms with Crippen molar-refractivity contribution < 1.29 is 4.43 Å². The van der Waals surface area contributed by atoms with Gasteiger partial charge in [0.2, 0.25) is 0 Å². The van der Waals surface area contributed by atoms with Crippen molar-refractivity contribution in [2.24, 2.45) is 5.92 Å². The Morgan fingerprint density at radius 1 is 1.20 bits per heavy atom. The summed E-state index contributed by atoms with van der Waals surface area (Å²) in [5, 5.41) is 0.233. The van der Waals surface area contributed by atoms with Gasteiger partial charge in [0.1, 0.15) is 5.60 Å². The molecular formula is C18H26OSi. The fraction of sp³-hybridized carbons (Fsp3) is 0.556. The topological polar surface area (TPSA) is 9.23 Å². The Kier molecular flexibility index (Phi) is 3.88. The van der Waals surface area contributed by atoms with Crippen LogP contribution in [0.15, 0.2) is 30.3 Å². The molecule has 0 aromatic heterocycles. The monoisotopic (exact) mass is 286 g/mol. The predicted octanol–water partition coefficient (Wildman–Crippen LogP) is 4.84. The van der Waals surface area contributed by atoms with Crippen molar-refractivity contribution >= 4 is 8.32 Å². The van der Waals surface area contributed by atoms with Gasteiger partial charge in [-0.3, -0.25) is 0 Å². The molecule has 0 amide bonds. The molecule has 1 aliphatic rings. The quantitative estimate of drug-likeness (QED) is 0.558. The van der Waals surface area contributed by atoms with Crippen LogP contribution in [-0.2, 0) is 4.43 Å². The lowest BCUT2D eigenvalue weighted by Crippen LogP contribution is -2.45. The summed E-state index contributed by atoms with van der Waals surface area (Å²) in [7, 11) is -1.76. The lowest BCUT2D eigenvalue weighted by Gasteiger charge is -2.38. The first-order valence-electron chi connectivity index (χ1n) is 7.45. The number of hydrogen-bond donors (Lipinski definition) is 0. The van der Waals surface area contributed by atoms with Gasteiger partial charge in [-0.1, -0.05) is 57.7 Å². The molecule has 0 N–H and O–H groups in total. The van der Waals surface area contributed by atoms with Gasteiger partial charge in [-0.2, -0.15) is 0 Å². The third kappa shape index (κ3) is 3.16. The van der Waals surface area contributed by atoms with Gasteiger partial charge in [-0.15, -0.1) is 0 Å². The van der Waals surface area contributed by atoms with Gasteiger partial charge in [0.25, 0.3) is 0 Å². The van der Waals surface area contributed by atoms with Crippen molar-refractivity contribution in [2.75, 3.05) is 0 Å². The van der Waals surface area contributed by atoms with Gasteiger partial charge in [-0.25, -0.2) is 0 Å². The van der Waals surface area contributed by atoms with E-state index in [9.17, 15) is 0 Å². The molecule has 0 aliphatic heterocycles. The van der Waals surface area contributed by atoms with Crippen LogP contribution in [0, 0.1) is 17.8 Å². The molecule has 1 aliphatic carbocycles. The SMILES string of the molecule is C[C@@H]1C[C@]1(C#Cc1ccccc1)O[Si](C)(C)C(C)(C)C. The van der Waals surface area contributed by atoms with E-state index in [1.54, 1.807) is 0 Å². The zero-order valence-electron chi connectivity index (χ0n) is 13.6. The van der Waals surface area contributed by atoms with E-state index in [1.165, 1.54) is 0 Å². The van der Waals surface area contributed by atoms with E-state index in [4.69, 9.17) is 4.43 Å². The van der Waals surface area contributed by atoms with Crippen molar-refractivity contribution in [3.63, 3.8) is 0 Å². The molecule has 0 spiro atoms. The Morgan fingerprint density at radius 3 is 2.20 bits per heavy atom. The predicted molar refractivity (Wildman–Crippen MR) is 88.1 cm³/mol. The molecule has 0 saturated heterocycles. The lowest BCUT2D eigenvalue weighted by molar-refractivity contribution is 0.200. The molecular weight excluding hydrogens is 260 g/mol. The number of rotatable bonds is 2. The molecule has 20 heavy (non-hydrogen) atoms. The minimum Gasteiger partial charge on any atom is -0.400 e. The molecule has 2 atom stereocenters. The molecule has 0 radical (unpaired) electrons. The minimum atomic E-state index is -1.76. The molecule has 0 bridgehead atoms. The Bertz CT molecular complexity index is 530. The maximum absolute atomic E-state index is 6.60. The molecule has 1 saturated carbocycles. The van der Waals surface area contributed by atoms with Crippen molar-refractivity contribution in [2.45, 2.75) is 57.8 Å². The first-order valence-corrected chi connectivity index (χ1v) is 10.4.